The van der Waals surface area contributed by atoms with Crippen LogP contribution in [0.5, 0.6) is 0 Å². The van der Waals surface area contributed by atoms with Gasteiger partial charge in [0.2, 0.25) is 5.91 Å². The first kappa shape index (κ1) is 20.0. The first-order valence-corrected chi connectivity index (χ1v) is 11.0. The van der Waals surface area contributed by atoms with Crippen LogP contribution in [0.15, 0.2) is 54.6 Å². The molecule has 2 aliphatic heterocycles. The van der Waals surface area contributed by atoms with E-state index in [0.717, 1.165) is 45.6 Å². The van der Waals surface area contributed by atoms with Crippen molar-refractivity contribution >= 4 is 11.6 Å². The van der Waals surface area contributed by atoms with Crippen LogP contribution in [0.25, 0.3) is 0 Å². The molecule has 0 bridgehead atoms. The molecule has 2 aliphatic rings. The zero-order valence-electron chi connectivity index (χ0n) is 17.7. The molecule has 1 fully saturated rings. The molecule has 29 heavy (non-hydrogen) atoms. The van der Waals surface area contributed by atoms with Gasteiger partial charge in [0.1, 0.15) is 0 Å². The minimum atomic E-state index is 0.0168. The van der Waals surface area contributed by atoms with Crippen LogP contribution in [0.1, 0.15) is 25.0 Å². The van der Waals surface area contributed by atoms with Crippen molar-refractivity contribution in [2.24, 2.45) is 11.8 Å². The van der Waals surface area contributed by atoms with Crippen molar-refractivity contribution in [3.8, 4) is 0 Å². The summed E-state index contributed by atoms with van der Waals surface area (Å²) < 4.78 is 0. The fraction of sp³-hybridized carbons (Fsp3) is 0.480. The molecule has 0 unspecified atom stereocenters. The fourth-order valence-electron chi connectivity index (χ4n) is 4.69. The number of carbonyl (C=O) groups is 1. The highest BCUT2D eigenvalue weighted by atomic mass is 16.1. The van der Waals surface area contributed by atoms with Crippen molar-refractivity contribution in [1.82, 2.24) is 10.2 Å². The third kappa shape index (κ3) is 4.64. The molecular formula is C25H33N3O. The summed E-state index contributed by atoms with van der Waals surface area (Å²) in [5, 5.41) is 3.20. The minimum Gasteiger partial charge on any atom is -0.365 e. The first-order valence-electron chi connectivity index (χ1n) is 11.0. The number of nitrogens with one attached hydrogen (secondary N) is 1. The molecule has 0 aromatic heterocycles. The van der Waals surface area contributed by atoms with Crippen molar-refractivity contribution in [2.75, 3.05) is 37.6 Å². The third-order valence-corrected chi connectivity index (χ3v) is 6.29. The van der Waals surface area contributed by atoms with Crippen LogP contribution in [0.4, 0.5) is 5.69 Å². The van der Waals surface area contributed by atoms with Gasteiger partial charge in [-0.25, -0.2) is 0 Å². The highest BCUT2D eigenvalue weighted by molar-refractivity contribution is 5.82. The molecule has 0 radical (unpaired) electrons. The molecule has 0 aliphatic carbocycles. The fourth-order valence-corrected chi connectivity index (χ4v) is 4.69. The summed E-state index contributed by atoms with van der Waals surface area (Å²) in [6.07, 6.45) is 1.90. The Hall–Kier alpha value is -2.33. The van der Waals surface area contributed by atoms with E-state index < -0.39 is 0 Å². The molecule has 2 aromatic carbocycles. The maximum absolute atomic E-state index is 13.1. The highest BCUT2D eigenvalue weighted by Crippen LogP contribution is 2.36. The lowest BCUT2D eigenvalue weighted by atomic mass is 9.83. The number of hydrogen-bond acceptors (Lipinski definition) is 3. The first-order chi connectivity index (χ1) is 14.1. The summed E-state index contributed by atoms with van der Waals surface area (Å²) in [6.45, 7) is 9.10. The van der Waals surface area contributed by atoms with Crippen molar-refractivity contribution in [2.45, 2.75) is 32.7 Å². The number of amides is 1. The van der Waals surface area contributed by atoms with Crippen LogP contribution in [0.3, 0.4) is 0 Å². The normalized spacial score (nSPS) is 21.6. The topological polar surface area (TPSA) is 35.6 Å². The van der Waals surface area contributed by atoms with Gasteiger partial charge in [-0.1, -0.05) is 62.4 Å². The van der Waals surface area contributed by atoms with Gasteiger partial charge in [-0.2, -0.15) is 0 Å². The molecule has 1 N–H and O–H groups in total. The van der Waals surface area contributed by atoms with Gasteiger partial charge in [-0.3, -0.25) is 9.69 Å². The Morgan fingerprint density at radius 1 is 1.07 bits per heavy atom. The Bertz CT molecular complexity index is 820. The molecule has 154 valence electrons. The summed E-state index contributed by atoms with van der Waals surface area (Å²) in [6, 6.07) is 19.6. The zero-order chi connectivity index (χ0) is 20.2. The van der Waals surface area contributed by atoms with Gasteiger partial charge in [-0.05, 0) is 36.0 Å². The summed E-state index contributed by atoms with van der Waals surface area (Å²) >= 11 is 0. The molecule has 4 nitrogen and oxygen atoms in total. The van der Waals surface area contributed by atoms with E-state index >= 15 is 0 Å². The number of carbonyl (C=O) groups excluding carboxylic acids is 1. The summed E-state index contributed by atoms with van der Waals surface area (Å²) in [7, 11) is 0. The smallest absolute Gasteiger partial charge is 0.225 e. The quantitative estimate of drug-likeness (QED) is 0.820. The zero-order valence-corrected chi connectivity index (χ0v) is 17.7. The van der Waals surface area contributed by atoms with Crippen LogP contribution in [-0.4, -0.2) is 49.6 Å². The molecule has 2 heterocycles. The van der Waals surface area contributed by atoms with Gasteiger partial charge >= 0.3 is 0 Å². The van der Waals surface area contributed by atoms with E-state index in [9.17, 15) is 4.79 Å². The van der Waals surface area contributed by atoms with Gasteiger partial charge in [0, 0.05) is 38.4 Å². The number of benzene rings is 2. The Balaban J connectivity index is 1.49. The number of hydrogen-bond donors (Lipinski definition) is 1. The molecule has 1 amide bonds. The standard InChI is InChI=1S/C25H33N3O/c1-19(2)17-26-25(29)22-16-21-10-6-7-11-23(21)28-15-14-27(18-24(22)28)13-12-20-8-4-3-5-9-20/h3-11,19,22,24H,12-18H2,1-2H3,(H,26,29)/t22-,24-/m0/s1. The van der Waals surface area contributed by atoms with E-state index in [1.165, 1.54) is 16.8 Å². The number of rotatable bonds is 6. The summed E-state index contributed by atoms with van der Waals surface area (Å²) in [4.78, 5) is 18.1. The maximum atomic E-state index is 13.1. The Labute approximate surface area is 174 Å². The van der Waals surface area contributed by atoms with Crippen molar-refractivity contribution < 1.29 is 4.79 Å². The van der Waals surface area contributed by atoms with E-state index in [-0.39, 0.29) is 17.9 Å². The average Bonchev–Trinajstić information content (AvgIpc) is 2.76. The lowest BCUT2D eigenvalue weighted by molar-refractivity contribution is -0.126. The van der Waals surface area contributed by atoms with E-state index in [2.05, 4.69) is 83.6 Å². The predicted octanol–water partition coefficient (Wildman–Crippen LogP) is 3.36. The van der Waals surface area contributed by atoms with Crippen LogP contribution in [0.2, 0.25) is 0 Å². The molecule has 0 saturated carbocycles. The van der Waals surface area contributed by atoms with E-state index in [1.807, 2.05) is 0 Å². The van der Waals surface area contributed by atoms with Crippen LogP contribution < -0.4 is 10.2 Å². The Morgan fingerprint density at radius 2 is 1.83 bits per heavy atom. The molecular weight excluding hydrogens is 358 g/mol. The molecule has 2 aromatic rings. The van der Waals surface area contributed by atoms with Crippen LogP contribution in [-0.2, 0) is 17.6 Å². The van der Waals surface area contributed by atoms with Crippen molar-refractivity contribution in [3.05, 3.63) is 65.7 Å². The Morgan fingerprint density at radius 3 is 2.62 bits per heavy atom. The second-order valence-electron chi connectivity index (χ2n) is 8.88. The number of anilines is 1. The van der Waals surface area contributed by atoms with E-state index in [4.69, 9.17) is 0 Å². The van der Waals surface area contributed by atoms with Gasteiger partial charge in [0.15, 0.2) is 0 Å². The second-order valence-corrected chi connectivity index (χ2v) is 8.88. The van der Waals surface area contributed by atoms with Gasteiger partial charge in [0.25, 0.3) is 0 Å². The van der Waals surface area contributed by atoms with Gasteiger partial charge in [0.05, 0.1) is 12.0 Å². The van der Waals surface area contributed by atoms with E-state index in [0.29, 0.717) is 5.92 Å². The average molecular weight is 392 g/mol. The lowest BCUT2D eigenvalue weighted by Gasteiger charge is -2.49. The molecule has 2 atom stereocenters. The summed E-state index contributed by atoms with van der Waals surface area (Å²) in [5.74, 6) is 0.705. The monoisotopic (exact) mass is 391 g/mol. The SMILES string of the molecule is CC(C)CNC(=O)[C@H]1Cc2ccccc2N2CCN(CCc3ccccc3)C[C@@H]12. The van der Waals surface area contributed by atoms with Crippen molar-refractivity contribution in [3.63, 3.8) is 0 Å². The lowest BCUT2D eigenvalue weighted by Crippen LogP contribution is -2.61. The number of para-hydroxylation sites is 1. The van der Waals surface area contributed by atoms with Crippen LogP contribution >= 0.6 is 0 Å². The van der Waals surface area contributed by atoms with Crippen LogP contribution in [0, 0.1) is 11.8 Å². The van der Waals surface area contributed by atoms with Gasteiger partial charge in [-0.15, -0.1) is 0 Å². The largest absolute Gasteiger partial charge is 0.365 e. The molecule has 1 saturated heterocycles. The number of nitrogens with zero attached hydrogens (tertiary/aromatic N) is 2. The Kier molecular flexibility index (Phi) is 6.19. The molecule has 0 spiro atoms. The number of fused-ring (bicyclic) bond motifs is 3. The van der Waals surface area contributed by atoms with Crippen molar-refractivity contribution in [1.29, 1.82) is 0 Å². The molecule has 4 heteroatoms. The second kappa shape index (κ2) is 9.00. The highest BCUT2D eigenvalue weighted by Gasteiger charge is 2.41. The van der Waals surface area contributed by atoms with Gasteiger partial charge < -0.3 is 10.2 Å². The predicted molar refractivity (Wildman–Crippen MR) is 119 cm³/mol. The third-order valence-electron chi connectivity index (χ3n) is 6.29. The van der Waals surface area contributed by atoms with E-state index in [1.54, 1.807) is 0 Å². The number of piperazine rings is 1. The molecule has 4 rings (SSSR count). The minimum absolute atomic E-state index is 0.0168. The maximum Gasteiger partial charge on any atom is 0.225 e. The summed E-state index contributed by atoms with van der Waals surface area (Å²) in [5.41, 5.74) is 4.02.